The van der Waals surface area contributed by atoms with Crippen molar-refractivity contribution in [1.29, 1.82) is 0 Å². The third-order valence-electron chi connectivity index (χ3n) is 7.49. The summed E-state index contributed by atoms with van der Waals surface area (Å²) in [5.41, 5.74) is -0.540. The van der Waals surface area contributed by atoms with Crippen LogP contribution in [0, 0.1) is 17.8 Å². The molecule has 3 amide bonds. The molecule has 1 aromatic rings. The number of nitrogens with zero attached hydrogens (tertiary/aromatic N) is 1. The molecular formula is C23H30ClN3O5. The molecule has 1 aromatic carbocycles. The summed E-state index contributed by atoms with van der Waals surface area (Å²) in [6.45, 7) is 3.65. The van der Waals surface area contributed by atoms with Gasteiger partial charge in [0.15, 0.2) is 0 Å². The molecule has 3 aliphatic rings. The van der Waals surface area contributed by atoms with Crippen LogP contribution in [-0.4, -0.2) is 65.2 Å². The number of aliphatic hydroxyl groups excluding tert-OH is 1. The lowest BCUT2D eigenvalue weighted by Gasteiger charge is -2.38. The van der Waals surface area contributed by atoms with Gasteiger partial charge in [0.05, 0.1) is 30.6 Å². The number of fused-ring (bicyclic) bond motifs is 1. The van der Waals surface area contributed by atoms with Gasteiger partial charge in [-0.25, -0.2) is 0 Å². The standard InChI is InChI=1S/C23H30ClN3O5/c1-4-12(2)15(11-28)27-19(21(30)26-14-7-5-13(24)6-8-14)23-10-9-16(32-23)17(20(29)25-3)18(23)22(27)31/h5-8,12,15-19,28H,4,9-11H2,1-3H3,(H,25,29)(H,26,30)/t12-,15-,16-,17+,18-,19?,23?/m0/s1. The predicted octanol–water partition coefficient (Wildman–Crippen LogP) is 1.81. The van der Waals surface area contributed by atoms with Crippen molar-refractivity contribution in [3.8, 4) is 0 Å². The molecule has 9 heteroatoms. The highest BCUT2D eigenvalue weighted by Gasteiger charge is 2.75. The van der Waals surface area contributed by atoms with Crippen molar-refractivity contribution in [2.75, 3.05) is 19.0 Å². The lowest BCUT2D eigenvalue weighted by molar-refractivity contribution is -0.145. The Morgan fingerprint density at radius 1 is 1.31 bits per heavy atom. The van der Waals surface area contributed by atoms with Gasteiger partial charge in [-0.2, -0.15) is 0 Å². The number of likely N-dealkylation sites (tertiary alicyclic amines) is 1. The zero-order valence-electron chi connectivity index (χ0n) is 18.5. The summed E-state index contributed by atoms with van der Waals surface area (Å²) < 4.78 is 6.33. The van der Waals surface area contributed by atoms with Gasteiger partial charge in [0, 0.05) is 17.8 Å². The van der Waals surface area contributed by atoms with Gasteiger partial charge in [-0.1, -0.05) is 31.9 Å². The van der Waals surface area contributed by atoms with E-state index in [1.165, 1.54) is 4.90 Å². The van der Waals surface area contributed by atoms with Crippen LogP contribution in [0.4, 0.5) is 5.69 Å². The fourth-order valence-electron chi connectivity index (χ4n) is 5.77. The minimum atomic E-state index is -1.09. The van der Waals surface area contributed by atoms with Crippen molar-refractivity contribution in [3.63, 3.8) is 0 Å². The molecule has 3 heterocycles. The maximum Gasteiger partial charge on any atom is 0.250 e. The Balaban J connectivity index is 1.76. The van der Waals surface area contributed by atoms with Crippen LogP contribution in [0.2, 0.25) is 5.02 Å². The first-order chi connectivity index (χ1) is 15.3. The number of aliphatic hydroxyl groups is 1. The Hall–Kier alpha value is -2.16. The van der Waals surface area contributed by atoms with E-state index >= 15 is 0 Å². The number of nitrogens with one attached hydrogen (secondary N) is 2. The van der Waals surface area contributed by atoms with Crippen LogP contribution in [-0.2, 0) is 19.1 Å². The molecule has 3 N–H and O–H groups in total. The average Bonchev–Trinajstić information content (AvgIpc) is 3.43. The molecule has 1 spiro atoms. The number of rotatable bonds is 7. The normalized spacial score (nSPS) is 32.5. The SMILES string of the molecule is CC[C@H](C)[C@H](CO)N1C(=O)[C@@H]2[C@H](C(=O)NC)[C@@H]3CCC2(O3)C1C(=O)Nc1ccc(Cl)cc1. The third kappa shape index (κ3) is 3.40. The number of halogens is 1. The number of ether oxygens (including phenoxy) is 1. The highest BCUT2D eigenvalue weighted by Crippen LogP contribution is 2.59. The van der Waals surface area contributed by atoms with Gasteiger partial charge in [0.2, 0.25) is 17.7 Å². The summed E-state index contributed by atoms with van der Waals surface area (Å²) in [6.07, 6.45) is 1.44. The Bertz CT molecular complexity index is 909. The molecule has 0 aromatic heterocycles. The fourth-order valence-corrected chi connectivity index (χ4v) is 5.90. The van der Waals surface area contributed by atoms with Crippen LogP contribution in [0.25, 0.3) is 0 Å². The molecule has 0 saturated carbocycles. The van der Waals surface area contributed by atoms with Gasteiger partial charge in [-0.15, -0.1) is 0 Å². The molecule has 2 bridgehead atoms. The molecule has 0 radical (unpaired) electrons. The van der Waals surface area contributed by atoms with Crippen molar-refractivity contribution in [2.45, 2.75) is 56.9 Å². The predicted molar refractivity (Wildman–Crippen MR) is 119 cm³/mol. The lowest BCUT2D eigenvalue weighted by Crippen LogP contribution is -2.57. The molecule has 0 aliphatic carbocycles. The van der Waals surface area contributed by atoms with Crippen LogP contribution in [0.5, 0.6) is 0 Å². The first-order valence-corrected chi connectivity index (χ1v) is 11.6. The zero-order valence-corrected chi connectivity index (χ0v) is 19.3. The third-order valence-corrected chi connectivity index (χ3v) is 7.74. The van der Waals surface area contributed by atoms with Crippen LogP contribution < -0.4 is 10.6 Å². The summed E-state index contributed by atoms with van der Waals surface area (Å²) in [5.74, 6) is -2.37. The molecule has 7 atom stereocenters. The molecule has 32 heavy (non-hydrogen) atoms. The number of benzene rings is 1. The maximum absolute atomic E-state index is 13.8. The lowest BCUT2D eigenvalue weighted by atomic mass is 9.70. The summed E-state index contributed by atoms with van der Waals surface area (Å²) >= 11 is 5.96. The van der Waals surface area contributed by atoms with Crippen molar-refractivity contribution in [3.05, 3.63) is 29.3 Å². The number of hydrogen-bond donors (Lipinski definition) is 3. The second-order valence-electron chi connectivity index (χ2n) is 9.05. The van der Waals surface area contributed by atoms with E-state index in [4.69, 9.17) is 16.3 Å². The van der Waals surface area contributed by atoms with Gasteiger partial charge in [-0.05, 0) is 43.0 Å². The smallest absolute Gasteiger partial charge is 0.250 e. The second-order valence-corrected chi connectivity index (χ2v) is 9.48. The van der Waals surface area contributed by atoms with Gasteiger partial charge >= 0.3 is 0 Å². The van der Waals surface area contributed by atoms with Gasteiger partial charge < -0.3 is 25.4 Å². The minimum absolute atomic E-state index is 0.0411. The first kappa shape index (κ1) is 23.0. The Kier molecular flexibility index (Phi) is 6.22. The summed E-state index contributed by atoms with van der Waals surface area (Å²) in [5, 5.41) is 16.3. The van der Waals surface area contributed by atoms with Crippen LogP contribution in [0.15, 0.2) is 24.3 Å². The largest absolute Gasteiger partial charge is 0.394 e. The highest BCUT2D eigenvalue weighted by atomic mass is 35.5. The molecule has 3 aliphatic heterocycles. The molecule has 2 unspecified atom stereocenters. The van der Waals surface area contributed by atoms with Crippen LogP contribution >= 0.6 is 11.6 Å². The molecule has 4 rings (SSSR count). The zero-order chi connectivity index (χ0) is 23.2. The molecule has 3 fully saturated rings. The molecule has 3 saturated heterocycles. The number of amides is 3. The van der Waals surface area contributed by atoms with E-state index in [2.05, 4.69) is 10.6 Å². The van der Waals surface area contributed by atoms with Gasteiger partial charge in [0.1, 0.15) is 11.6 Å². The van der Waals surface area contributed by atoms with E-state index in [1.807, 2.05) is 13.8 Å². The summed E-state index contributed by atoms with van der Waals surface area (Å²) in [6, 6.07) is 5.22. The minimum Gasteiger partial charge on any atom is -0.394 e. The summed E-state index contributed by atoms with van der Waals surface area (Å²) in [4.78, 5) is 41.7. The van der Waals surface area contributed by atoms with E-state index < -0.39 is 35.6 Å². The van der Waals surface area contributed by atoms with Crippen LogP contribution in [0.3, 0.4) is 0 Å². The van der Waals surface area contributed by atoms with E-state index in [0.29, 0.717) is 23.6 Å². The average molecular weight is 464 g/mol. The number of anilines is 1. The summed E-state index contributed by atoms with van der Waals surface area (Å²) in [7, 11) is 1.54. The van der Waals surface area contributed by atoms with Crippen molar-refractivity contribution < 1.29 is 24.2 Å². The van der Waals surface area contributed by atoms with Crippen molar-refractivity contribution >= 4 is 35.0 Å². The highest BCUT2D eigenvalue weighted by molar-refractivity contribution is 6.30. The van der Waals surface area contributed by atoms with Gasteiger partial charge in [-0.3, -0.25) is 14.4 Å². The molecular weight excluding hydrogens is 434 g/mol. The molecule has 8 nitrogen and oxygen atoms in total. The quantitative estimate of drug-likeness (QED) is 0.571. The van der Waals surface area contributed by atoms with E-state index in [-0.39, 0.29) is 30.2 Å². The maximum atomic E-state index is 13.8. The second kappa shape index (κ2) is 8.65. The van der Waals surface area contributed by atoms with E-state index in [1.54, 1.807) is 31.3 Å². The Morgan fingerprint density at radius 2 is 2.00 bits per heavy atom. The number of carbonyl (C=O) groups excluding carboxylic acids is 3. The van der Waals surface area contributed by atoms with Crippen molar-refractivity contribution in [2.24, 2.45) is 17.8 Å². The first-order valence-electron chi connectivity index (χ1n) is 11.2. The Labute approximate surface area is 192 Å². The van der Waals surface area contributed by atoms with Crippen molar-refractivity contribution in [1.82, 2.24) is 10.2 Å². The number of hydrogen-bond acceptors (Lipinski definition) is 5. The monoisotopic (exact) mass is 463 g/mol. The van der Waals surface area contributed by atoms with E-state index in [9.17, 15) is 19.5 Å². The molecule has 174 valence electrons. The van der Waals surface area contributed by atoms with Crippen LogP contribution in [0.1, 0.15) is 33.1 Å². The Morgan fingerprint density at radius 3 is 2.59 bits per heavy atom. The van der Waals surface area contributed by atoms with Gasteiger partial charge in [0.25, 0.3) is 0 Å². The topological polar surface area (TPSA) is 108 Å². The number of carbonyl (C=O) groups is 3. The fraction of sp³-hybridized carbons (Fsp3) is 0.609. The van der Waals surface area contributed by atoms with E-state index in [0.717, 1.165) is 6.42 Å².